The fourth-order valence-electron chi connectivity index (χ4n) is 1.43. The minimum Gasteiger partial charge on any atom is -0.369 e. The summed E-state index contributed by atoms with van der Waals surface area (Å²) in [7, 11) is -3.23. The zero-order chi connectivity index (χ0) is 13.8. The van der Waals surface area contributed by atoms with Crippen LogP contribution in [-0.4, -0.2) is 28.8 Å². The molecule has 0 amide bonds. The Balaban J connectivity index is 2.83. The number of carbonyl (C=O) groups excluding carboxylic acids is 1. The maximum absolute atomic E-state index is 11.5. The van der Waals surface area contributed by atoms with E-state index in [0.29, 0.717) is 5.69 Å². The van der Waals surface area contributed by atoms with E-state index in [1.807, 2.05) is 6.07 Å². The number of para-hydroxylation sites is 1. The molecule has 0 aromatic heterocycles. The van der Waals surface area contributed by atoms with Crippen molar-refractivity contribution < 1.29 is 23.7 Å². The molecule has 0 heterocycles. The molecule has 0 bridgehead atoms. The highest BCUT2D eigenvalue weighted by molar-refractivity contribution is 7.46. The van der Waals surface area contributed by atoms with Gasteiger partial charge >= 0.3 is 13.8 Å². The van der Waals surface area contributed by atoms with Gasteiger partial charge in [-0.1, -0.05) is 18.2 Å². The van der Waals surface area contributed by atoms with Gasteiger partial charge in [-0.25, -0.2) is 14.8 Å². The third kappa shape index (κ3) is 4.12. The van der Waals surface area contributed by atoms with Crippen molar-refractivity contribution in [1.29, 1.82) is 0 Å². The molecule has 0 aliphatic rings. The molecule has 100 valence electrons. The maximum atomic E-state index is 11.5. The Bertz CT molecular complexity index is 447. The van der Waals surface area contributed by atoms with Gasteiger partial charge in [-0.3, -0.25) is 14.8 Å². The van der Waals surface area contributed by atoms with Crippen LogP contribution in [0.4, 0.5) is 5.69 Å². The second kappa shape index (κ2) is 5.97. The molecule has 1 aromatic carbocycles. The standard InChI is InChI=1S/C10H15N2O5P/c1-8(10(13)17-18(14,15)16)12(11-2)9-6-4-3-5-7-9/h3-8,11H,1-2H3,(H2,14,15,16)/t8-/m0/s1. The van der Waals surface area contributed by atoms with Gasteiger partial charge in [-0.2, -0.15) is 0 Å². The SMILES string of the molecule is CNN(c1ccccc1)[C@@H](C)C(=O)OP(=O)(O)O. The van der Waals surface area contributed by atoms with Crippen molar-refractivity contribution in [2.45, 2.75) is 13.0 Å². The Labute approximate surface area is 105 Å². The lowest BCUT2D eigenvalue weighted by molar-refractivity contribution is -0.137. The molecule has 0 spiro atoms. The Hall–Kier alpha value is -1.40. The third-order valence-electron chi connectivity index (χ3n) is 2.21. The third-order valence-corrected chi connectivity index (χ3v) is 2.63. The van der Waals surface area contributed by atoms with Crippen LogP contribution in [0, 0.1) is 0 Å². The molecule has 7 nitrogen and oxygen atoms in total. The molecule has 0 aliphatic heterocycles. The quantitative estimate of drug-likeness (QED) is 0.535. The van der Waals surface area contributed by atoms with Crippen molar-refractivity contribution in [3.63, 3.8) is 0 Å². The summed E-state index contributed by atoms with van der Waals surface area (Å²) in [5.41, 5.74) is 3.44. The molecule has 18 heavy (non-hydrogen) atoms. The van der Waals surface area contributed by atoms with Gasteiger partial charge in [0.25, 0.3) is 0 Å². The molecule has 0 radical (unpaired) electrons. The summed E-state index contributed by atoms with van der Waals surface area (Å²) in [6.45, 7) is 1.47. The van der Waals surface area contributed by atoms with Crippen molar-refractivity contribution >= 4 is 19.5 Å². The van der Waals surface area contributed by atoms with Crippen LogP contribution in [0.2, 0.25) is 0 Å². The minimum absolute atomic E-state index is 0.676. The van der Waals surface area contributed by atoms with Gasteiger partial charge in [0, 0.05) is 7.05 Å². The summed E-state index contributed by atoms with van der Waals surface area (Å²) in [5.74, 6) is -1.01. The second-order valence-corrected chi connectivity index (χ2v) is 4.67. The van der Waals surface area contributed by atoms with Crippen LogP contribution in [0.3, 0.4) is 0 Å². The van der Waals surface area contributed by atoms with Crippen LogP contribution in [-0.2, 0) is 13.9 Å². The fourth-order valence-corrected chi connectivity index (χ4v) is 1.82. The molecular weight excluding hydrogens is 259 g/mol. The number of nitrogens with one attached hydrogen (secondary N) is 1. The van der Waals surface area contributed by atoms with Gasteiger partial charge in [0.2, 0.25) is 0 Å². The van der Waals surface area contributed by atoms with Crippen LogP contribution in [0.5, 0.6) is 0 Å². The van der Waals surface area contributed by atoms with Gasteiger partial charge in [0.05, 0.1) is 5.69 Å². The maximum Gasteiger partial charge on any atom is 0.527 e. The lowest BCUT2D eigenvalue weighted by atomic mass is 10.2. The summed E-state index contributed by atoms with van der Waals surface area (Å²) < 4.78 is 14.7. The van der Waals surface area contributed by atoms with Crippen molar-refractivity contribution in [2.24, 2.45) is 0 Å². The first kappa shape index (κ1) is 14.7. The molecule has 8 heteroatoms. The number of hydrazine groups is 1. The molecule has 1 aromatic rings. The number of carbonyl (C=O) groups is 1. The topological polar surface area (TPSA) is 99.1 Å². The number of anilines is 1. The number of benzene rings is 1. The van der Waals surface area contributed by atoms with E-state index in [2.05, 4.69) is 9.95 Å². The smallest absolute Gasteiger partial charge is 0.369 e. The van der Waals surface area contributed by atoms with Crippen LogP contribution in [0.25, 0.3) is 0 Å². The monoisotopic (exact) mass is 274 g/mol. The van der Waals surface area contributed by atoms with E-state index in [1.54, 1.807) is 31.3 Å². The highest BCUT2D eigenvalue weighted by Crippen LogP contribution is 2.36. The van der Waals surface area contributed by atoms with E-state index in [0.717, 1.165) is 0 Å². The predicted octanol–water partition coefficient (Wildman–Crippen LogP) is 0.652. The van der Waals surface area contributed by atoms with E-state index in [4.69, 9.17) is 9.79 Å². The fraction of sp³-hybridized carbons (Fsp3) is 0.300. The molecule has 0 saturated heterocycles. The molecule has 1 atom stereocenters. The number of phosphoric acid groups is 1. The average molecular weight is 274 g/mol. The number of hydrogen-bond acceptors (Lipinski definition) is 5. The summed E-state index contributed by atoms with van der Waals surface area (Å²) in [6, 6.07) is 7.98. The lowest BCUT2D eigenvalue weighted by Crippen LogP contribution is -2.47. The minimum atomic E-state index is -4.82. The Morgan fingerprint density at radius 3 is 2.39 bits per heavy atom. The summed E-state index contributed by atoms with van der Waals surface area (Å²) in [4.78, 5) is 28.7. The summed E-state index contributed by atoms with van der Waals surface area (Å²) in [6.07, 6.45) is 0. The van der Waals surface area contributed by atoms with Gasteiger partial charge in [0.1, 0.15) is 6.04 Å². The molecule has 1 rings (SSSR count). The molecule has 0 aliphatic carbocycles. The van der Waals surface area contributed by atoms with Gasteiger partial charge < -0.3 is 4.52 Å². The van der Waals surface area contributed by atoms with Gasteiger partial charge in [-0.05, 0) is 19.1 Å². The zero-order valence-electron chi connectivity index (χ0n) is 9.98. The molecule has 0 unspecified atom stereocenters. The number of nitrogens with zero attached hydrogens (tertiary/aromatic N) is 1. The van der Waals surface area contributed by atoms with E-state index in [-0.39, 0.29) is 0 Å². The molecule has 0 fully saturated rings. The Morgan fingerprint density at radius 1 is 1.39 bits per heavy atom. The first-order chi connectivity index (χ1) is 8.35. The van der Waals surface area contributed by atoms with E-state index in [9.17, 15) is 9.36 Å². The molecular formula is C10H15N2O5P. The van der Waals surface area contributed by atoms with Crippen LogP contribution in [0.1, 0.15) is 6.92 Å². The largest absolute Gasteiger partial charge is 0.527 e. The zero-order valence-corrected chi connectivity index (χ0v) is 10.9. The second-order valence-electron chi connectivity index (χ2n) is 3.51. The summed E-state index contributed by atoms with van der Waals surface area (Å²) >= 11 is 0. The van der Waals surface area contributed by atoms with E-state index < -0.39 is 19.8 Å². The van der Waals surface area contributed by atoms with E-state index in [1.165, 1.54) is 11.9 Å². The average Bonchev–Trinajstić information content (AvgIpc) is 2.29. The Morgan fingerprint density at radius 2 is 1.94 bits per heavy atom. The first-order valence-corrected chi connectivity index (χ1v) is 6.69. The molecule has 3 N–H and O–H groups in total. The van der Waals surface area contributed by atoms with Crippen molar-refractivity contribution in [2.75, 3.05) is 12.1 Å². The predicted molar refractivity (Wildman–Crippen MR) is 65.6 cm³/mol. The summed E-state index contributed by atoms with van der Waals surface area (Å²) in [5, 5.41) is 1.44. The van der Waals surface area contributed by atoms with Crippen molar-refractivity contribution in [1.82, 2.24) is 5.43 Å². The normalized spacial score (nSPS) is 12.9. The Kier molecular flexibility index (Phi) is 4.86. The highest BCUT2D eigenvalue weighted by atomic mass is 31.2. The highest BCUT2D eigenvalue weighted by Gasteiger charge is 2.28. The van der Waals surface area contributed by atoms with Crippen LogP contribution >= 0.6 is 7.82 Å². The molecule has 0 saturated carbocycles. The number of hydrogen-bond donors (Lipinski definition) is 3. The number of rotatable bonds is 5. The van der Waals surface area contributed by atoms with Crippen molar-refractivity contribution in [3.05, 3.63) is 30.3 Å². The first-order valence-electron chi connectivity index (χ1n) is 5.16. The van der Waals surface area contributed by atoms with E-state index >= 15 is 0 Å². The van der Waals surface area contributed by atoms with Crippen molar-refractivity contribution in [3.8, 4) is 0 Å². The lowest BCUT2D eigenvalue weighted by Gasteiger charge is -2.28. The van der Waals surface area contributed by atoms with Gasteiger partial charge in [-0.15, -0.1) is 0 Å². The number of phosphoric ester groups is 1. The van der Waals surface area contributed by atoms with Crippen LogP contribution < -0.4 is 10.4 Å². The van der Waals surface area contributed by atoms with Crippen LogP contribution in [0.15, 0.2) is 30.3 Å². The van der Waals surface area contributed by atoms with Gasteiger partial charge in [0.15, 0.2) is 0 Å².